The minimum Gasteiger partial charge on any atom is -0.354 e. The van der Waals surface area contributed by atoms with Crippen molar-refractivity contribution in [2.24, 2.45) is 0 Å². The van der Waals surface area contributed by atoms with Crippen LogP contribution in [0.1, 0.15) is 19.3 Å². The highest BCUT2D eigenvalue weighted by Crippen LogP contribution is 2.31. The summed E-state index contributed by atoms with van der Waals surface area (Å²) in [7, 11) is 0. The van der Waals surface area contributed by atoms with Gasteiger partial charge < -0.3 is 9.80 Å². The van der Waals surface area contributed by atoms with Crippen molar-refractivity contribution in [3.8, 4) is 0 Å². The van der Waals surface area contributed by atoms with Gasteiger partial charge in [-0.25, -0.2) is 9.78 Å². The SMILES string of the molecule is O=C1[C@@H]2CCCN2C(=O)N1[C@@H]1CCN(c2ccccn2)C1. The van der Waals surface area contributed by atoms with E-state index in [4.69, 9.17) is 0 Å². The van der Waals surface area contributed by atoms with Gasteiger partial charge in [0.25, 0.3) is 5.91 Å². The number of imide groups is 1. The molecule has 3 saturated heterocycles. The van der Waals surface area contributed by atoms with Gasteiger partial charge in [-0.15, -0.1) is 0 Å². The van der Waals surface area contributed by atoms with Crippen molar-refractivity contribution in [1.82, 2.24) is 14.8 Å². The summed E-state index contributed by atoms with van der Waals surface area (Å²) in [5.74, 6) is 0.921. The largest absolute Gasteiger partial charge is 0.354 e. The number of pyridine rings is 1. The first-order chi connectivity index (χ1) is 10.3. The third kappa shape index (κ3) is 1.89. The van der Waals surface area contributed by atoms with Crippen LogP contribution in [-0.2, 0) is 4.79 Å². The highest BCUT2D eigenvalue weighted by atomic mass is 16.2. The average Bonchev–Trinajstić information content (AvgIpc) is 3.20. The third-order valence-electron chi connectivity index (χ3n) is 4.73. The quantitative estimate of drug-likeness (QED) is 0.764. The standard InChI is InChI=1S/C15H18N4O2/c20-14-12-4-3-8-18(12)15(21)19(14)11-6-9-17(10-11)13-5-1-2-7-16-13/h1-2,5,7,11-12H,3-4,6,8-10H2/t11-,12+/m1/s1. The van der Waals surface area contributed by atoms with Gasteiger partial charge in [0.05, 0.1) is 6.04 Å². The molecule has 0 spiro atoms. The zero-order valence-electron chi connectivity index (χ0n) is 11.8. The van der Waals surface area contributed by atoms with Crippen molar-refractivity contribution >= 4 is 17.8 Å². The summed E-state index contributed by atoms with van der Waals surface area (Å²) in [4.78, 5) is 34.6. The van der Waals surface area contributed by atoms with Gasteiger partial charge >= 0.3 is 6.03 Å². The predicted octanol–water partition coefficient (Wildman–Crippen LogP) is 1.09. The Bertz CT molecular complexity index is 554. The van der Waals surface area contributed by atoms with Crippen LogP contribution in [0.3, 0.4) is 0 Å². The molecule has 1 aromatic rings. The molecule has 4 heterocycles. The lowest BCUT2D eigenvalue weighted by Gasteiger charge is -2.23. The lowest BCUT2D eigenvalue weighted by molar-refractivity contribution is -0.129. The van der Waals surface area contributed by atoms with E-state index < -0.39 is 0 Å². The van der Waals surface area contributed by atoms with Gasteiger partial charge in [0.15, 0.2) is 0 Å². The van der Waals surface area contributed by atoms with Crippen LogP contribution in [0.2, 0.25) is 0 Å². The molecule has 3 aliphatic rings. The van der Waals surface area contributed by atoms with Gasteiger partial charge in [-0.3, -0.25) is 9.69 Å². The van der Waals surface area contributed by atoms with Crippen molar-refractivity contribution in [1.29, 1.82) is 0 Å². The Morgan fingerprint density at radius 2 is 2.05 bits per heavy atom. The number of rotatable bonds is 2. The second kappa shape index (κ2) is 4.72. The lowest BCUT2D eigenvalue weighted by Crippen LogP contribution is -2.43. The van der Waals surface area contributed by atoms with E-state index in [2.05, 4.69) is 9.88 Å². The number of hydrogen-bond donors (Lipinski definition) is 0. The molecule has 3 amide bonds. The zero-order valence-corrected chi connectivity index (χ0v) is 11.8. The molecule has 0 aromatic carbocycles. The van der Waals surface area contributed by atoms with E-state index >= 15 is 0 Å². The number of fused-ring (bicyclic) bond motifs is 1. The van der Waals surface area contributed by atoms with E-state index in [1.54, 1.807) is 11.1 Å². The topological polar surface area (TPSA) is 56.8 Å². The molecule has 21 heavy (non-hydrogen) atoms. The van der Waals surface area contributed by atoms with Crippen LogP contribution in [-0.4, -0.2) is 58.4 Å². The summed E-state index contributed by atoms with van der Waals surface area (Å²) < 4.78 is 0. The maximum absolute atomic E-state index is 12.5. The highest BCUT2D eigenvalue weighted by molar-refractivity contribution is 6.05. The highest BCUT2D eigenvalue weighted by Gasteiger charge is 2.50. The molecule has 1 aromatic heterocycles. The molecule has 0 aliphatic carbocycles. The summed E-state index contributed by atoms with van der Waals surface area (Å²) in [6, 6.07) is 5.51. The van der Waals surface area contributed by atoms with Gasteiger partial charge in [0.1, 0.15) is 11.9 Å². The van der Waals surface area contributed by atoms with Crippen LogP contribution in [0.5, 0.6) is 0 Å². The fourth-order valence-electron chi connectivity index (χ4n) is 3.68. The first-order valence-electron chi connectivity index (χ1n) is 7.55. The van der Waals surface area contributed by atoms with Crippen molar-refractivity contribution < 1.29 is 9.59 Å². The summed E-state index contributed by atoms with van der Waals surface area (Å²) in [5, 5.41) is 0. The normalized spacial score (nSPS) is 28.7. The van der Waals surface area contributed by atoms with Crippen LogP contribution >= 0.6 is 0 Å². The van der Waals surface area contributed by atoms with E-state index in [9.17, 15) is 9.59 Å². The number of nitrogens with zero attached hydrogens (tertiary/aromatic N) is 4. The van der Waals surface area contributed by atoms with Gasteiger partial charge in [-0.2, -0.15) is 0 Å². The second-order valence-electron chi connectivity index (χ2n) is 5.92. The number of aromatic nitrogens is 1. The smallest absolute Gasteiger partial charge is 0.327 e. The Hall–Kier alpha value is -2.11. The summed E-state index contributed by atoms with van der Waals surface area (Å²) in [6.45, 7) is 2.25. The number of hydrogen-bond acceptors (Lipinski definition) is 4. The fraction of sp³-hybridized carbons (Fsp3) is 0.533. The maximum Gasteiger partial charge on any atom is 0.327 e. The van der Waals surface area contributed by atoms with E-state index in [0.29, 0.717) is 6.54 Å². The number of amides is 3. The molecule has 4 rings (SSSR count). The van der Waals surface area contributed by atoms with Crippen LogP contribution in [0.25, 0.3) is 0 Å². The molecule has 6 nitrogen and oxygen atoms in total. The molecular weight excluding hydrogens is 268 g/mol. The number of carbonyl (C=O) groups is 2. The maximum atomic E-state index is 12.5. The Balaban J connectivity index is 1.51. The Morgan fingerprint density at radius 1 is 1.14 bits per heavy atom. The number of urea groups is 1. The Morgan fingerprint density at radius 3 is 2.81 bits per heavy atom. The van der Waals surface area contributed by atoms with Crippen molar-refractivity contribution in [2.75, 3.05) is 24.5 Å². The molecule has 110 valence electrons. The first kappa shape index (κ1) is 12.6. The van der Waals surface area contributed by atoms with E-state index in [1.165, 1.54) is 4.90 Å². The average molecular weight is 286 g/mol. The monoisotopic (exact) mass is 286 g/mol. The molecule has 0 radical (unpaired) electrons. The molecule has 6 heteroatoms. The van der Waals surface area contributed by atoms with Crippen LogP contribution in [0.15, 0.2) is 24.4 Å². The third-order valence-corrected chi connectivity index (χ3v) is 4.73. The summed E-state index contributed by atoms with van der Waals surface area (Å²) in [5.41, 5.74) is 0. The number of carbonyl (C=O) groups excluding carboxylic acids is 2. The van der Waals surface area contributed by atoms with E-state index in [-0.39, 0.29) is 24.0 Å². The minimum atomic E-state index is -0.193. The van der Waals surface area contributed by atoms with Crippen molar-refractivity contribution in [2.45, 2.75) is 31.3 Å². The second-order valence-corrected chi connectivity index (χ2v) is 5.92. The van der Waals surface area contributed by atoms with Crippen LogP contribution in [0.4, 0.5) is 10.6 Å². The number of anilines is 1. The minimum absolute atomic E-state index is 0.00497. The molecule has 2 atom stereocenters. The molecule has 0 saturated carbocycles. The summed E-state index contributed by atoms with van der Waals surface area (Å²) in [6.07, 6.45) is 4.36. The summed E-state index contributed by atoms with van der Waals surface area (Å²) >= 11 is 0. The first-order valence-corrected chi connectivity index (χ1v) is 7.55. The zero-order chi connectivity index (χ0) is 14.4. The molecular formula is C15H18N4O2. The van der Waals surface area contributed by atoms with Gasteiger partial charge in [0, 0.05) is 25.8 Å². The molecule has 3 aliphatic heterocycles. The van der Waals surface area contributed by atoms with Crippen molar-refractivity contribution in [3.63, 3.8) is 0 Å². The van der Waals surface area contributed by atoms with Crippen LogP contribution < -0.4 is 4.90 Å². The van der Waals surface area contributed by atoms with Gasteiger partial charge in [-0.1, -0.05) is 6.07 Å². The van der Waals surface area contributed by atoms with E-state index in [1.807, 2.05) is 18.2 Å². The fourth-order valence-corrected chi connectivity index (χ4v) is 3.68. The van der Waals surface area contributed by atoms with Crippen molar-refractivity contribution in [3.05, 3.63) is 24.4 Å². The molecule has 3 fully saturated rings. The molecule has 0 unspecified atom stereocenters. The van der Waals surface area contributed by atoms with Gasteiger partial charge in [-0.05, 0) is 31.4 Å². The van der Waals surface area contributed by atoms with E-state index in [0.717, 1.165) is 38.2 Å². The van der Waals surface area contributed by atoms with Gasteiger partial charge in [0.2, 0.25) is 0 Å². The lowest BCUT2D eigenvalue weighted by atomic mass is 10.2. The Kier molecular flexibility index (Phi) is 2.83. The molecule has 0 N–H and O–H groups in total. The predicted molar refractivity (Wildman–Crippen MR) is 76.8 cm³/mol. The van der Waals surface area contributed by atoms with Crippen LogP contribution in [0, 0.1) is 0 Å². The molecule has 0 bridgehead atoms. The Labute approximate surface area is 123 Å².